The van der Waals surface area contributed by atoms with Gasteiger partial charge in [-0.2, -0.15) is 5.10 Å². The van der Waals surface area contributed by atoms with E-state index in [0.29, 0.717) is 12.1 Å². The molecular weight excluding hydrogens is 298 g/mol. The average molecular weight is 319 g/mol. The highest BCUT2D eigenvalue weighted by Gasteiger charge is 2.14. The molecule has 24 heavy (non-hydrogen) atoms. The summed E-state index contributed by atoms with van der Waals surface area (Å²) in [6.45, 7) is 2.68. The van der Waals surface area contributed by atoms with Gasteiger partial charge in [0.2, 0.25) is 0 Å². The third-order valence-electron chi connectivity index (χ3n) is 3.96. The summed E-state index contributed by atoms with van der Waals surface area (Å²) in [7, 11) is 0. The van der Waals surface area contributed by atoms with Crippen LogP contribution in [0.3, 0.4) is 0 Å². The molecule has 0 unspecified atom stereocenters. The number of rotatable bonds is 6. The molecule has 0 saturated carbocycles. The van der Waals surface area contributed by atoms with Crippen LogP contribution in [-0.4, -0.2) is 22.6 Å². The predicted molar refractivity (Wildman–Crippen MR) is 95.9 cm³/mol. The summed E-state index contributed by atoms with van der Waals surface area (Å²) >= 11 is 0. The van der Waals surface area contributed by atoms with Crippen LogP contribution in [0.5, 0.6) is 0 Å². The molecule has 3 rings (SSSR count). The molecule has 0 radical (unpaired) electrons. The van der Waals surface area contributed by atoms with Crippen molar-refractivity contribution in [3.05, 3.63) is 77.5 Å². The number of aromatic nitrogens is 2. The molecule has 0 aliphatic rings. The quantitative estimate of drug-likeness (QED) is 0.680. The van der Waals surface area contributed by atoms with Crippen molar-refractivity contribution in [2.75, 3.05) is 6.54 Å². The Balaban J connectivity index is 1.59. The highest BCUT2D eigenvalue weighted by molar-refractivity contribution is 5.99. The van der Waals surface area contributed by atoms with E-state index < -0.39 is 0 Å². The van der Waals surface area contributed by atoms with E-state index >= 15 is 0 Å². The number of aromatic amines is 1. The van der Waals surface area contributed by atoms with Gasteiger partial charge in [-0.3, -0.25) is 9.89 Å². The Hall–Kier alpha value is -2.88. The van der Waals surface area contributed by atoms with Crippen LogP contribution >= 0.6 is 0 Å². The number of nitrogens with zero attached hydrogens (tertiary/aromatic N) is 1. The molecule has 4 nitrogen and oxygen atoms in total. The smallest absolute Gasteiger partial charge is 0.255 e. The minimum atomic E-state index is -0.0895. The largest absolute Gasteiger partial charge is 0.352 e. The minimum Gasteiger partial charge on any atom is -0.352 e. The molecule has 1 amide bonds. The van der Waals surface area contributed by atoms with E-state index in [1.807, 2.05) is 49.4 Å². The Morgan fingerprint density at radius 1 is 1.12 bits per heavy atom. The maximum Gasteiger partial charge on any atom is 0.255 e. The molecule has 1 heterocycles. The van der Waals surface area contributed by atoms with Gasteiger partial charge >= 0.3 is 0 Å². The Morgan fingerprint density at radius 2 is 1.96 bits per heavy atom. The molecular formula is C20H21N3O. The molecule has 2 aromatic carbocycles. The third kappa shape index (κ3) is 3.90. The molecule has 0 atom stereocenters. The van der Waals surface area contributed by atoms with Gasteiger partial charge in [-0.25, -0.2) is 0 Å². The van der Waals surface area contributed by atoms with Gasteiger partial charge in [-0.05, 0) is 31.4 Å². The number of carbonyl (C=O) groups excluding carboxylic acids is 1. The number of hydrogen-bond donors (Lipinski definition) is 2. The lowest BCUT2D eigenvalue weighted by Crippen LogP contribution is -2.25. The number of benzene rings is 2. The molecule has 0 aliphatic carbocycles. The molecule has 122 valence electrons. The van der Waals surface area contributed by atoms with Crippen molar-refractivity contribution in [1.82, 2.24) is 15.5 Å². The Morgan fingerprint density at radius 3 is 2.75 bits per heavy atom. The van der Waals surface area contributed by atoms with Gasteiger partial charge in [0, 0.05) is 12.1 Å². The summed E-state index contributed by atoms with van der Waals surface area (Å²) in [6.07, 6.45) is 3.45. The van der Waals surface area contributed by atoms with Crippen LogP contribution in [0.1, 0.15) is 27.9 Å². The van der Waals surface area contributed by atoms with Gasteiger partial charge < -0.3 is 5.32 Å². The number of H-pyrrole nitrogens is 1. The van der Waals surface area contributed by atoms with Crippen LogP contribution in [-0.2, 0) is 6.42 Å². The van der Waals surface area contributed by atoms with Crippen LogP contribution in [0.2, 0.25) is 0 Å². The number of amides is 1. The van der Waals surface area contributed by atoms with E-state index in [4.69, 9.17) is 0 Å². The van der Waals surface area contributed by atoms with Crippen LogP contribution in [0, 0.1) is 6.92 Å². The molecule has 0 aliphatic heterocycles. The first-order chi connectivity index (χ1) is 11.7. The summed E-state index contributed by atoms with van der Waals surface area (Å²) in [4.78, 5) is 12.4. The number of aryl methyl sites for hydroxylation is 2. The average Bonchev–Trinajstić information content (AvgIpc) is 3.09. The highest BCUT2D eigenvalue weighted by Crippen LogP contribution is 2.21. The van der Waals surface area contributed by atoms with E-state index in [2.05, 4.69) is 27.6 Å². The zero-order chi connectivity index (χ0) is 16.8. The summed E-state index contributed by atoms with van der Waals surface area (Å²) in [5.41, 5.74) is 4.76. The second kappa shape index (κ2) is 7.59. The predicted octanol–water partition coefficient (Wildman–Crippen LogP) is 3.75. The van der Waals surface area contributed by atoms with Crippen molar-refractivity contribution in [2.45, 2.75) is 19.8 Å². The van der Waals surface area contributed by atoms with Gasteiger partial charge in [-0.1, -0.05) is 54.1 Å². The van der Waals surface area contributed by atoms with Crippen molar-refractivity contribution in [3.8, 4) is 11.3 Å². The van der Waals surface area contributed by atoms with Crippen LogP contribution in [0.4, 0.5) is 0 Å². The monoisotopic (exact) mass is 319 g/mol. The van der Waals surface area contributed by atoms with Crippen molar-refractivity contribution in [1.29, 1.82) is 0 Å². The van der Waals surface area contributed by atoms with Crippen molar-refractivity contribution in [2.24, 2.45) is 0 Å². The first kappa shape index (κ1) is 16.0. The molecule has 2 N–H and O–H groups in total. The van der Waals surface area contributed by atoms with Gasteiger partial charge in [-0.15, -0.1) is 0 Å². The summed E-state index contributed by atoms with van der Waals surface area (Å²) in [6, 6.07) is 18.3. The van der Waals surface area contributed by atoms with Gasteiger partial charge in [0.05, 0.1) is 17.5 Å². The Kier molecular flexibility index (Phi) is 5.06. The molecule has 0 spiro atoms. The SMILES string of the molecule is Cc1cccc(-c2[nH]ncc2C(=O)NCCCc2ccccc2)c1. The van der Waals surface area contributed by atoms with Gasteiger partial charge in [0.15, 0.2) is 0 Å². The lowest BCUT2D eigenvalue weighted by molar-refractivity contribution is 0.0954. The zero-order valence-corrected chi connectivity index (χ0v) is 13.8. The van der Waals surface area contributed by atoms with E-state index in [0.717, 1.165) is 29.7 Å². The van der Waals surface area contributed by atoms with Crippen molar-refractivity contribution in [3.63, 3.8) is 0 Å². The Labute approximate surface area is 141 Å². The highest BCUT2D eigenvalue weighted by atomic mass is 16.1. The number of hydrogen-bond acceptors (Lipinski definition) is 2. The third-order valence-corrected chi connectivity index (χ3v) is 3.96. The normalized spacial score (nSPS) is 10.5. The lowest BCUT2D eigenvalue weighted by Gasteiger charge is -2.07. The fraction of sp³-hybridized carbons (Fsp3) is 0.200. The topological polar surface area (TPSA) is 57.8 Å². The van der Waals surface area contributed by atoms with E-state index in [9.17, 15) is 4.79 Å². The van der Waals surface area contributed by atoms with E-state index in [-0.39, 0.29) is 5.91 Å². The molecule has 0 saturated heterocycles. The van der Waals surface area contributed by atoms with E-state index in [1.165, 1.54) is 5.56 Å². The standard InChI is InChI=1S/C20H21N3O/c1-15-7-5-11-17(13-15)19-18(14-22-23-19)20(24)21-12-6-10-16-8-3-2-4-9-16/h2-5,7-9,11,13-14H,6,10,12H2,1H3,(H,21,24)(H,22,23). The van der Waals surface area contributed by atoms with E-state index in [1.54, 1.807) is 6.20 Å². The molecule has 3 aromatic rings. The molecule has 0 fully saturated rings. The summed E-state index contributed by atoms with van der Waals surface area (Å²) in [5.74, 6) is -0.0895. The summed E-state index contributed by atoms with van der Waals surface area (Å²) in [5, 5.41) is 9.96. The zero-order valence-electron chi connectivity index (χ0n) is 13.8. The molecule has 1 aromatic heterocycles. The van der Waals surface area contributed by atoms with Crippen molar-refractivity contribution >= 4 is 5.91 Å². The van der Waals surface area contributed by atoms with Crippen molar-refractivity contribution < 1.29 is 4.79 Å². The number of carbonyl (C=O) groups is 1. The maximum atomic E-state index is 12.4. The minimum absolute atomic E-state index is 0.0895. The Bertz CT molecular complexity index is 809. The first-order valence-electron chi connectivity index (χ1n) is 8.16. The lowest BCUT2D eigenvalue weighted by atomic mass is 10.1. The number of nitrogens with one attached hydrogen (secondary N) is 2. The molecule has 4 heteroatoms. The fourth-order valence-electron chi connectivity index (χ4n) is 2.71. The van der Waals surface area contributed by atoms with Gasteiger partial charge in [0.1, 0.15) is 0 Å². The second-order valence-electron chi connectivity index (χ2n) is 5.87. The second-order valence-corrected chi connectivity index (χ2v) is 5.87. The summed E-state index contributed by atoms with van der Waals surface area (Å²) < 4.78 is 0. The maximum absolute atomic E-state index is 12.4. The van der Waals surface area contributed by atoms with Crippen LogP contribution in [0.25, 0.3) is 11.3 Å². The van der Waals surface area contributed by atoms with Crippen LogP contribution < -0.4 is 5.32 Å². The fourth-order valence-corrected chi connectivity index (χ4v) is 2.71. The molecule has 0 bridgehead atoms. The first-order valence-corrected chi connectivity index (χ1v) is 8.16. The van der Waals surface area contributed by atoms with Crippen LogP contribution in [0.15, 0.2) is 60.8 Å². The van der Waals surface area contributed by atoms with Gasteiger partial charge in [0.25, 0.3) is 5.91 Å².